The van der Waals surface area contributed by atoms with Gasteiger partial charge in [-0.2, -0.15) is 0 Å². The number of thiazole rings is 1. The van der Waals surface area contributed by atoms with E-state index in [4.69, 9.17) is 5.73 Å². The van der Waals surface area contributed by atoms with Crippen molar-refractivity contribution in [1.29, 1.82) is 0 Å². The van der Waals surface area contributed by atoms with Gasteiger partial charge in [0.25, 0.3) is 5.91 Å². The molecule has 0 aliphatic heterocycles. The molecule has 0 unspecified atom stereocenters. The molecular formula is C22H18F2N4OS2. The smallest absolute Gasteiger partial charge is 0.263 e. The molecule has 1 amide bonds. The number of aromatic nitrogens is 2. The molecule has 0 atom stereocenters. The van der Waals surface area contributed by atoms with Crippen molar-refractivity contribution in [1.82, 2.24) is 9.97 Å². The molecule has 31 heavy (non-hydrogen) atoms. The minimum Gasteiger partial charge on any atom is -0.397 e. The summed E-state index contributed by atoms with van der Waals surface area (Å²) >= 11 is 2.69. The fourth-order valence-corrected chi connectivity index (χ4v) is 5.23. The third-order valence-corrected chi connectivity index (χ3v) is 6.90. The predicted octanol–water partition coefficient (Wildman–Crippen LogP) is 5.44. The van der Waals surface area contributed by atoms with Crippen LogP contribution in [0.25, 0.3) is 10.6 Å². The molecule has 0 saturated carbocycles. The molecule has 2 aromatic heterocycles. The van der Waals surface area contributed by atoms with Crippen LogP contribution >= 0.6 is 23.1 Å². The molecule has 0 saturated heterocycles. The molecule has 9 heteroatoms. The number of allylic oxidation sites excluding steroid dienone is 1. The van der Waals surface area contributed by atoms with Gasteiger partial charge < -0.3 is 5.73 Å². The minimum atomic E-state index is -0.928. The van der Waals surface area contributed by atoms with Crippen molar-refractivity contribution in [3.63, 3.8) is 0 Å². The summed E-state index contributed by atoms with van der Waals surface area (Å²) in [5, 5.41) is 2.75. The fourth-order valence-electron chi connectivity index (χ4n) is 3.18. The first kappa shape index (κ1) is 21.2. The van der Waals surface area contributed by atoms with Crippen molar-refractivity contribution < 1.29 is 13.6 Å². The van der Waals surface area contributed by atoms with Gasteiger partial charge in [0.2, 0.25) is 0 Å². The third kappa shape index (κ3) is 4.52. The van der Waals surface area contributed by atoms with Crippen LogP contribution in [0.5, 0.6) is 0 Å². The molecular weight excluding hydrogens is 438 g/mol. The Morgan fingerprint density at radius 2 is 1.97 bits per heavy atom. The summed E-state index contributed by atoms with van der Waals surface area (Å²) < 4.78 is 27.8. The number of carbonyl (C=O) groups is 1. The second kappa shape index (κ2) is 8.99. The monoisotopic (exact) mass is 456 g/mol. The number of rotatable bonds is 5. The second-order valence-electron chi connectivity index (χ2n) is 6.80. The van der Waals surface area contributed by atoms with Gasteiger partial charge in [-0.05, 0) is 37.5 Å². The lowest BCUT2D eigenvalue weighted by Gasteiger charge is -2.10. The second-order valence-corrected chi connectivity index (χ2v) is 8.99. The number of pyridine rings is 1. The topological polar surface area (TPSA) is 80.9 Å². The maximum Gasteiger partial charge on any atom is 0.263 e. The van der Waals surface area contributed by atoms with E-state index in [1.165, 1.54) is 29.2 Å². The van der Waals surface area contributed by atoms with Crippen LogP contribution in [0.1, 0.15) is 39.3 Å². The number of hydrogen-bond acceptors (Lipinski definition) is 6. The molecule has 1 aliphatic carbocycles. The van der Waals surface area contributed by atoms with Gasteiger partial charge in [0.15, 0.2) is 5.13 Å². The minimum absolute atomic E-state index is 0.248. The quantitative estimate of drug-likeness (QED) is 0.535. The first-order valence-corrected chi connectivity index (χ1v) is 11.1. The predicted molar refractivity (Wildman–Crippen MR) is 121 cm³/mol. The highest BCUT2D eigenvalue weighted by atomic mass is 32.2. The molecule has 3 N–H and O–H groups in total. The van der Waals surface area contributed by atoms with Crippen LogP contribution < -0.4 is 11.1 Å². The van der Waals surface area contributed by atoms with Crippen molar-refractivity contribution in [2.24, 2.45) is 5.73 Å². The Labute approximate surface area is 186 Å². The molecule has 0 radical (unpaired) electrons. The number of carbonyl (C=O) groups excluding carboxylic acids is 1. The van der Waals surface area contributed by atoms with Gasteiger partial charge in [-0.15, -0.1) is 0 Å². The van der Waals surface area contributed by atoms with Crippen LogP contribution in [0, 0.1) is 11.6 Å². The number of fused-ring (bicyclic) bond motifs is 1. The van der Waals surface area contributed by atoms with Gasteiger partial charge in [0.05, 0.1) is 16.3 Å². The van der Waals surface area contributed by atoms with E-state index >= 15 is 0 Å². The van der Waals surface area contributed by atoms with Crippen LogP contribution in [-0.2, 0) is 6.42 Å². The Morgan fingerprint density at radius 3 is 2.68 bits per heavy atom. The largest absolute Gasteiger partial charge is 0.397 e. The SMILES string of the molecule is C=C(SC1=C(N)c2sc(NC(=O)c3c(F)cccc3F)nc2CCC1)c1cccnc1. The summed E-state index contributed by atoms with van der Waals surface area (Å²) in [6, 6.07) is 7.06. The average Bonchev–Trinajstić information content (AvgIpc) is 3.09. The Hall–Kier alpha value is -3.04. The van der Waals surface area contributed by atoms with E-state index in [0.29, 0.717) is 12.1 Å². The van der Waals surface area contributed by atoms with Crippen LogP contribution in [0.2, 0.25) is 0 Å². The molecule has 158 valence electrons. The number of thioether (sulfide) groups is 1. The molecule has 0 spiro atoms. The molecule has 0 bridgehead atoms. The summed E-state index contributed by atoms with van der Waals surface area (Å²) in [6.07, 6.45) is 5.74. The van der Waals surface area contributed by atoms with E-state index in [1.807, 2.05) is 12.1 Å². The van der Waals surface area contributed by atoms with Gasteiger partial charge in [-0.1, -0.05) is 41.8 Å². The van der Waals surface area contributed by atoms with E-state index in [2.05, 4.69) is 21.9 Å². The highest BCUT2D eigenvalue weighted by Crippen LogP contribution is 2.42. The standard InChI is InChI=1S/C22H18F2N4OS2/c1-12(13-5-4-10-26-11-13)30-17-9-3-8-16-20(19(17)25)31-22(27-16)28-21(29)18-14(23)6-2-7-15(18)24/h2,4-7,10-11H,1,3,8-9,25H2,(H,27,28,29). The van der Waals surface area contributed by atoms with Crippen LogP contribution in [-0.4, -0.2) is 15.9 Å². The van der Waals surface area contributed by atoms with Crippen molar-refractivity contribution in [3.8, 4) is 0 Å². The zero-order chi connectivity index (χ0) is 22.0. The maximum atomic E-state index is 13.9. The number of nitrogens with zero attached hydrogens (tertiary/aromatic N) is 2. The maximum absolute atomic E-state index is 13.9. The highest BCUT2D eigenvalue weighted by Gasteiger charge is 2.23. The first-order chi connectivity index (χ1) is 14.9. The number of anilines is 1. The van der Waals surface area contributed by atoms with E-state index in [0.717, 1.165) is 50.9 Å². The Morgan fingerprint density at radius 1 is 1.19 bits per heavy atom. The van der Waals surface area contributed by atoms with Gasteiger partial charge >= 0.3 is 0 Å². The lowest BCUT2D eigenvalue weighted by Crippen LogP contribution is -2.15. The molecule has 1 aromatic carbocycles. The number of nitrogens with one attached hydrogen (secondary N) is 1. The van der Waals surface area contributed by atoms with Crippen LogP contribution in [0.3, 0.4) is 0 Å². The van der Waals surface area contributed by atoms with Crippen LogP contribution in [0.4, 0.5) is 13.9 Å². The third-order valence-electron chi connectivity index (χ3n) is 4.70. The summed E-state index contributed by atoms with van der Waals surface area (Å²) in [5.41, 5.74) is 8.08. The Balaban J connectivity index is 1.58. The van der Waals surface area contributed by atoms with E-state index in [-0.39, 0.29) is 5.13 Å². The Bertz CT molecular complexity index is 1170. The molecule has 4 rings (SSSR count). The normalized spacial score (nSPS) is 13.5. The van der Waals surface area contributed by atoms with Crippen molar-refractivity contribution in [2.45, 2.75) is 19.3 Å². The number of benzene rings is 1. The van der Waals surface area contributed by atoms with E-state index < -0.39 is 23.1 Å². The van der Waals surface area contributed by atoms with Gasteiger partial charge in [-0.3, -0.25) is 15.1 Å². The number of halogens is 2. The van der Waals surface area contributed by atoms with Crippen LogP contribution in [0.15, 0.2) is 54.2 Å². The van der Waals surface area contributed by atoms with Crippen molar-refractivity contribution in [2.75, 3.05) is 5.32 Å². The molecule has 2 heterocycles. The average molecular weight is 457 g/mol. The van der Waals surface area contributed by atoms with Gasteiger partial charge in [-0.25, -0.2) is 13.8 Å². The van der Waals surface area contributed by atoms with Crippen molar-refractivity contribution in [3.05, 3.63) is 87.5 Å². The van der Waals surface area contributed by atoms with Crippen molar-refractivity contribution >= 4 is 44.7 Å². The van der Waals surface area contributed by atoms with Gasteiger partial charge in [0.1, 0.15) is 17.2 Å². The summed E-state index contributed by atoms with van der Waals surface area (Å²) in [7, 11) is 0. The molecule has 5 nitrogen and oxygen atoms in total. The number of amides is 1. The summed E-state index contributed by atoms with van der Waals surface area (Å²) in [4.78, 5) is 23.5. The lowest BCUT2D eigenvalue weighted by molar-refractivity contribution is 0.101. The first-order valence-electron chi connectivity index (χ1n) is 9.45. The lowest BCUT2D eigenvalue weighted by atomic mass is 10.2. The molecule has 1 aliphatic rings. The fraction of sp³-hybridized carbons (Fsp3) is 0.136. The molecule has 3 aromatic rings. The zero-order valence-corrected chi connectivity index (χ0v) is 18.0. The summed E-state index contributed by atoms with van der Waals surface area (Å²) in [6.45, 7) is 4.13. The van der Waals surface area contributed by atoms with E-state index in [9.17, 15) is 13.6 Å². The molecule has 0 fully saturated rings. The van der Waals surface area contributed by atoms with E-state index in [1.54, 1.807) is 12.4 Å². The van der Waals surface area contributed by atoms with Gasteiger partial charge in [0, 0.05) is 27.8 Å². The number of aryl methyl sites for hydroxylation is 1. The highest BCUT2D eigenvalue weighted by molar-refractivity contribution is 8.11. The number of hydrogen-bond donors (Lipinski definition) is 2. The zero-order valence-electron chi connectivity index (χ0n) is 16.3. The summed E-state index contributed by atoms with van der Waals surface area (Å²) in [5.74, 6) is -2.74. The Kier molecular flexibility index (Phi) is 6.15. The number of nitrogens with two attached hydrogens (primary N) is 1.